The number of nitrogens with zero attached hydrogens (tertiary/aromatic N) is 2. The maximum Gasteiger partial charge on any atom is 0.238 e. The summed E-state index contributed by atoms with van der Waals surface area (Å²) in [6.07, 6.45) is 0. The fourth-order valence-electron chi connectivity index (χ4n) is 3.12. The molecular weight excluding hydrogens is 369 g/mol. The number of amides is 1. The third-order valence-corrected chi connectivity index (χ3v) is 4.82. The standard InChI is InChI=1S/C20H23ClFN3O2/c1-27-19-7-4-16(21)12-18(19)23-20(26)14-25-10-8-24(9-11-25)13-15-2-5-17(22)6-3-15/h2-7,12H,8-11,13-14H2,1H3,(H,23,26). The summed E-state index contributed by atoms with van der Waals surface area (Å²) in [6.45, 7) is 4.46. The molecule has 144 valence electrons. The molecule has 0 radical (unpaired) electrons. The molecule has 0 aliphatic carbocycles. The van der Waals surface area contributed by atoms with E-state index in [1.807, 2.05) is 12.1 Å². The minimum absolute atomic E-state index is 0.0949. The van der Waals surface area contributed by atoms with E-state index in [9.17, 15) is 9.18 Å². The van der Waals surface area contributed by atoms with E-state index in [1.165, 1.54) is 12.1 Å². The van der Waals surface area contributed by atoms with E-state index in [4.69, 9.17) is 16.3 Å². The van der Waals surface area contributed by atoms with Crippen LogP contribution in [0, 0.1) is 5.82 Å². The molecule has 1 amide bonds. The van der Waals surface area contributed by atoms with Gasteiger partial charge >= 0.3 is 0 Å². The van der Waals surface area contributed by atoms with E-state index >= 15 is 0 Å². The molecule has 1 aliphatic heterocycles. The van der Waals surface area contributed by atoms with Crippen molar-refractivity contribution in [1.82, 2.24) is 9.80 Å². The second kappa shape index (κ2) is 9.17. The van der Waals surface area contributed by atoms with Crippen molar-refractivity contribution in [2.45, 2.75) is 6.54 Å². The molecule has 0 bridgehead atoms. The highest BCUT2D eigenvalue weighted by molar-refractivity contribution is 6.31. The van der Waals surface area contributed by atoms with Crippen molar-refractivity contribution in [2.24, 2.45) is 0 Å². The monoisotopic (exact) mass is 391 g/mol. The minimum atomic E-state index is -0.217. The number of piperazine rings is 1. The molecule has 3 rings (SSSR count). The van der Waals surface area contributed by atoms with Crippen molar-refractivity contribution in [2.75, 3.05) is 45.2 Å². The number of hydrogen-bond acceptors (Lipinski definition) is 4. The minimum Gasteiger partial charge on any atom is -0.495 e. The van der Waals surface area contributed by atoms with Gasteiger partial charge in [0.25, 0.3) is 0 Å². The summed E-state index contributed by atoms with van der Waals surface area (Å²) in [4.78, 5) is 16.8. The first-order chi connectivity index (χ1) is 13.0. The maximum absolute atomic E-state index is 13.0. The van der Waals surface area contributed by atoms with Gasteiger partial charge in [0.15, 0.2) is 0 Å². The quantitative estimate of drug-likeness (QED) is 0.821. The van der Waals surface area contributed by atoms with Crippen molar-refractivity contribution in [3.63, 3.8) is 0 Å². The molecule has 0 atom stereocenters. The Morgan fingerprint density at radius 1 is 1.11 bits per heavy atom. The smallest absolute Gasteiger partial charge is 0.238 e. The lowest BCUT2D eigenvalue weighted by Crippen LogP contribution is -2.48. The zero-order valence-electron chi connectivity index (χ0n) is 15.3. The molecule has 0 aromatic heterocycles. The van der Waals surface area contributed by atoms with E-state index < -0.39 is 0 Å². The number of halogens is 2. The molecule has 0 unspecified atom stereocenters. The Balaban J connectivity index is 1.47. The number of hydrogen-bond donors (Lipinski definition) is 1. The Morgan fingerprint density at radius 2 is 1.78 bits per heavy atom. The SMILES string of the molecule is COc1ccc(Cl)cc1NC(=O)CN1CCN(Cc2ccc(F)cc2)CC1. The maximum atomic E-state index is 13.0. The Morgan fingerprint density at radius 3 is 2.44 bits per heavy atom. The van der Waals surface area contributed by atoms with Crippen molar-refractivity contribution >= 4 is 23.2 Å². The van der Waals surface area contributed by atoms with Gasteiger partial charge in [-0.2, -0.15) is 0 Å². The van der Waals surface area contributed by atoms with Crippen LogP contribution in [0.3, 0.4) is 0 Å². The van der Waals surface area contributed by atoms with E-state index in [-0.39, 0.29) is 11.7 Å². The number of methoxy groups -OCH3 is 1. The van der Waals surface area contributed by atoms with Crippen LogP contribution >= 0.6 is 11.6 Å². The van der Waals surface area contributed by atoms with Gasteiger partial charge < -0.3 is 10.1 Å². The molecular formula is C20H23ClFN3O2. The number of ether oxygens (including phenoxy) is 1. The molecule has 1 heterocycles. The lowest BCUT2D eigenvalue weighted by atomic mass is 10.2. The highest BCUT2D eigenvalue weighted by Gasteiger charge is 2.19. The Bertz CT molecular complexity index is 777. The second-order valence-electron chi connectivity index (χ2n) is 6.57. The van der Waals surface area contributed by atoms with Crippen LogP contribution in [0.5, 0.6) is 5.75 Å². The molecule has 2 aromatic rings. The van der Waals surface area contributed by atoms with Crippen molar-refractivity contribution in [3.8, 4) is 5.75 Å². The fraction of sp³-hybridized carbons (Fsp3) is 0.350. The van der Waals surface area contributed by atoms with E-state index in [1.54, 1.807) is 25.3 Å². The topological polar surface area (TPSA) is 44.8 Å². The van der Waals surface area contributed by atoms with Gasteiger partial charge in [0.2, 0.25) is 5.91 Å². The average Bonchev–Trinajstić information content (AvgIpc) is 2.65. The first-order valence-electron chi connectivity index (χ1n) is 8.86. The highest BCUT2D eigenvalue weighted by atomic mass is 35.5. The molecule has 1 N–H and O–H groups in total. The third-order valence-electron chi connectivity index (χ3n) is 4.59. The van der Waals surface area contributed by atoms with Gasteiger partial charge in [0.05, 0.1) is 19.3 Å². The molecule has 1 saturated heterocycles. The van der Waals surface area contributed by atoms with Gasteiger partial charge in [-0.05, 0) is 35.9 Å². The van der Waals surface area contributed by atoms with Crippen LogP contribution in [0.2, 0.25) is 5.02 Å². The van der Waals surface area contributed by atoms with E-state index in [0.717, 1.165) is 38.3 Å². The van der Waals surface area contributed by atoms with Crippen molar-refractivity contribution in [3.05, 3.63) is 58.9 Å². The summed E-state index contributed by atoms with van der Waals surface area (Å²) in [7, 11) is 1.55. The van der Waals surface area contributed by atoms with Gasteiger partial charge in [0.1, 0.15) is 11.6 Å². The van der Waals surface area contributed by atoms with Gasteiger partial charge in [-0.3, -0.25) is 14.6 Å². The summed E-state index contributed by atoms with van der Waals surface area (Å²) in [5, 5.41) is 3.41. The van der Waals surface area contributed by atoms with Crippen LogP contribution in [0.4, 0.5) is 10.1 Å². The predicted octanol–water partition coefficient (Wildman–Crippen LogP) is 3.24. The number of carbonyl (C=O) groups excluding carboxylic acids is 1. The Labute approximate surface area is 163 Å². The number of carbonyl (C=O) groups is 1. The zero-order valence-corrected chi connectivity index (χ0v) is 16.0. The predicted molar refractivity (Wildman–Crippen MR) is 105 cm³/mol. The van der Waals surface area contributed by atoms with Gasteiger partial charge in [-0.25, -0.2) is 4.39 Å². The summed E-state index contributed by atoms with van der Waals surface area (Å²) >= 11 is 6.00. The third kappa shape index (κ3) is 5.66. The molecule has 1 fully saturated rings. The van der Waals surface area contributed by atoms with Gasteiger partial charge in [0, 0.05) is 37.7 Å². The molecule has 1 aliphatic rings. The number of rotatable bonds is 6. The van der Waals surface area contributed by atoms with Crippen LogP contribution < -0.4 is 10.1 Å². The zero-order chi connectivity index (χ0) is 19.2. The van der Waals surface area contributed by atoms with Crippen LogP contribution in [0.25, 0.3) is 0 Å². The normalized spacial score (nSPS) is 15.5. The van der Waals surface area contributed by atoms with Crippen LogP contribution in [0.15, 0.2) is 42.5 Å². The molecule has 27 heavy (non-hydrogen) atoms. The fourth-order valence-corrected chi connectivity index (χ4v) is 3.30. The van der Waals surface area contributed by atoms with Crippen LogP contribution in [-0.2, 0) is 11.3 Å². The highest BCUT2D eigenvalue weighted by Crippen LogP contribution is 2.27. The molecule has 2 aromatic carbocycles. The number of anilines is 1. The first-order valence-corrected chi connectivity index (χ1v) is 9.24. The largest absolute Gasteiger partial charge is 0.495 e. The van der Waals surface area contributed by atoms with Crippen LogP contribution in [-0.4, -0.2) is 55.5 Å². The second-order valence-corrected chi connectivity index (χ2v) is 7.01. The van der Waals surface area contributed by atoms with Crippen LogP contribution in [0.1, 0.15) is 5.56 Å². The van der Waals surface area contributed by atoms with E-state index in [0.29, 0.717) is 23.0 Å². The lowest BCUT2D eigenvalue weighted by Gasteiger charge is -2.34. The first kappa shape index (κ1) is 19.6. The van der Waals surface area contributed by atoms with Crippen molar-refractivity contribution < 1.29 is 13.9 Å². The summed E-state index contributed by atoms with van der Waals surface area (Å²) in [6, 6.07) is 11.7. The summed E-state index contributed by atoms with van der Waals surface area (Å²) < 4.78 is 18.2. The van der Waals surface area contributed by atoms with Crippen molar-refractivity contribution in [1.29, 1.82) is 0 Å². The van der Waals surface area contributed by atoms with Gasteiger partial charge in [-0.15, -0.1) is 0 Å². The molecule has 0 saturated carbocycles. The lowest BCUT2D eigenvalue weighted by molar-refractivity contribution is -0.117. The summed E-state index contributed by atoms with van der Waals surface area (Å²) in [5.74, 6) is 0.269. The molecule has 5 nitrogen and oxygen atoms in total. The summed E-state index contributed by atoms with van der Waals surface area (Å²) in [5.41, 5.74) is 1.67. The number of benzene rings is 2. The number of nitrogens with one attached hydrogen (secondary N) is 1. The van der Waals surface area contributed by atoms with E-state index in [2.05, 4.69) is 15.1 Å². The Kier molecular flexibility index (Phi) is 6.66. The van der Waals surface area contributed by atoms with Gasteiger partial charge in [-0.1, -0.05) is 23.7 Å². The Hall–Kier alpha value is -2.15. The molecule has 0 spiro atoms. The molecule has 7 heteroatoms. The average molecular weight is 392 g/mol.